The molecule has 1 aromatic carbocycles. The molecule has 0 fully saturated rings. The molecule has 0 spiro atoms. The number of aliphatic carboxylic acids is 1. The number of carboxylic acid groups (broad SMARTS) is 1. The van der Waals surface area contributed by atoms with Crippen molar-refractivity contribution in [2.24, 2.45) is 0 Å². The van der Waals surface area contributed by atoms with Crippen molar-refractivity contribution in [1.29, 1.82) is 0 Å². The van der Waals surface area contributed by atoms with Gasteiger partial charge in [0.25, 0.3) is 12.1 Å². The first-order chi connectivity index (χ1) is 13.6. The third-order valence-electron chi connectivity index (χ3n) is 3.46. The molecule has 0 aromatic heterocycles. The van der Waals surface area contributed by atoms with Crippen molar-refractivity contribution in [3.63, 3.8) is 0 Å². The van der Waals surface area contributed by atoms with E-state index < -0.39 is 48.2 Å². The lowest BCUT2D eigenvalue weighted by Gasteiger charge is -2.21. The third kappa shape index (κ3) is 8.73. The fourth-order valence-electron chi connectivity index (χ4n) is 1.93. The van der Waals surface area contributed by atoms with Gasteiger partial charge in [-0.25, -0.2) is 4.79 Å². The Morgan fingerprint density at radius 3 is 2.10 bits per heavy atom. The molecule has 11 nitrogen and oxygen atoms in total. The third-order valence-corrected chi connectivity index (χ3v) is 3.46. The van der Waals surface area contributed by atoms with E-state index in [0.29, 0.717) is 0 Å². The van der Waals surface area contributed by atoms with Gasteiger partial charge in [-0.05, 0) is 19.4 Å². The van der Waals surface area contributed by atoms with Crippen molar-refractivity contribution in [2.45, 2.75) is 45.7 Å². The van der Waals surface area contributed by atoms with Crippen LogP contribution in [0.4, 0.5) is 4.79 Å². The summed E-state index contributed by atoms with van der Waals surface area (Å²) in [5.74, 6) is -4.09. The van der Waals surface area contributed by atoms with Crippen LogP contribution in [0.15, 0.2) is 30.3 Å². The second-order valence-electron chi connectivity index (χ2n) is 5.99. The van der Waals surface area contributed by atoms with Crippen LogP contribution < -0.4 is 16.0 Å². The summed E-state index contributed by atoms with van der Waals surface area (Å²) in [4.78, 5) is 58.1. The lowest BCUT2D eigenvalue weighted by Crippen LogP contribution is -2.56. The Morgan fingerprint density at radius 1 is 0.931 bits per heavy atom. The summed E-state index contributed by atoms with van der Waals surface area (Å²) in [7, 11) is 0. The Balaban J connectivity index is 2.60. The predicted molar refractivity (Wildman–Crippen MR) is 98.2 cm³/mol. The summed E-state index contributed by atoms with van der Waals surface area (Å²) in [5.41, 5.74) is 0.749. The Labute approximate surface area is 166 Å². The van der Waals surface area contributed by atoms with E-state index in [2.05, 4.69) is 16.0 Å². The summed E-state index contributed by atoms with van der Waals surface area (Å²) in [6.45, 7) is 3.52. The van der Waals surface area contributed by atoms with Crippen molar-refractivity contribution in [3.05, 3.63) is 35.9 Å². The van der Waals surface area contributed by atoms with E-state index in [4.69, 9.17) is 14.6 Å². The second-order valence-corrected chi connectivity index (χ2v) is 5.99. The second kappa shape index (κ2) is 11.3. The molecular weight excluding hydrogens is 386 g/mol. The van der Waals surface area contributed by atoms with Gasteiger partial charge < -0.3 is 30.5 Å². The molecule has 0 radical (unpaired) electrons. The fraction of sp³-hybridized carbons (Fsp3) is 0.389. The number of carboxylic acids is 1. The van der Waals surface area contributed by atoms with E-state index in [0.717, 1.165) is 12.5 Å². The van der Waals surface area contributed by atoms with E-state index >= 15 is 0 Å². The highest BCUT2D eigenvalue weighted by Crippen LogP contribution is 2.01. The number of ether oxygens (including phenoxy) is 2. The number of rotatable bonds is 9. The van der Waals surface area contributed by atoms with Crippen molar-refractivity contribution < 1.29 is 38.6 Å². The van der Waals surface area contributed by atoms with Crippen LogP contribution in [0.3, 0.4) is 0 Å². The van der Waals surface area contributed by atoms with Crippen LogP contribution in [0, 0.1) is 0 Å². The van der Waals surface area contributed by atoms with Gasteiger partial charge in [0.2, 0.25) is 5.91 Å². The zero-order valence-electron chi connectivity index (χ0n) is 16.1. The SMILES string of the molecule is CC(=O)OC(NC(=O)[C@H](C)NC(=O)OCc1ccccc1)C(=O)N[C@@H](C)C(=O)O. The Kier molecular flexibility index (Phi) is 9.10. The summed E-state index contributed by atoms with van der Waals surface area (Å²) >= 11 is 0. The smallest absolute Gasteiger partial charge is 0.408 e. The van der Waals surface area contributed by atoms with Crippen LogP contribution in [0.5, 0.6) is 0 Å². The number of hydrogen-bond acceptors (Lipinski definition) is 7. The number of amides is 3. The maximum atomic E-state index is 12.2. The quantitative estimate of drug-likeness (QED) is 0.325. The highest BCUT2D eigenvalue weighted by Gasteiger charge is 2.29. The number of nitrogens with one attached hydrogen (secondary N) is 3. The summed E-state index contributed by atoms with van der Waals surface area (Å²) in [6.07, 6.45) is -2.64. The topological polar surface area (TPSA) is 160 Å². The molecule has 0 saturated heterocycles. The molecule has 3 atom stereocenters. The molecule has 0 bridgehead atoms. The molecule has 1 aromatic rings. The van der Waals surface area contributed by atoms with Gasteiger partial charge in [0.1, 0.15) is 18.7 Å². The number of hydrogen-bond donors (Lipinski definition) is 4. The maximum Gasteiger partial charge on any atom is 0.408 e. The molecule has 0 heterocycles. The van der Waals surface area contributed by atoms with Crippen molar-refractivity contribution in [1.82, 2.24) is 16.0 Å². The lowest BCUT2D eigenvalue weighted by atomic mass is 10.2. The van der Waals surface area contributed by atoms with Gasteiger partial charge in [-0.2, -0.15) is 0 Å². The first-order valence-corrected chi connectivity index (χ1v) is 8.58. The van der Waals surface area contributed by atoms with E-state index in [1.807, 2.05) is 6.07 Å². The number of carbonyl (C=O) groups is 5. The van der Waals surface area contributed by atoms with Crippen molar-refractivity contribution in [2.75, 3.05) is 0 Å². The minimum Gasteiger partial charge on any atom is -0.480 e. The van der Waals surface area contributed by atoms with Gasteiger partial charge in [-0.15, -0.1) is 0 Å². The van der Waals surface area contributed by atoms with Crippen LogP contribution in [-0.4, -0.2) is 53.3 Å². The molecule has 0 aliphatic rings. The number of benzene rings is 1. The summed E-state index contributed by atoms with van der Waals surface area (Å²) in [6, 6.07) is 6.45. The van der Waals surface area contributed by atoms with Crippen LogP contribution in [0.25, 0.3) is 0 Å². The van der Waals surface area contributed by atoms with Crippen LogP contribution in [-0.2, 0) is 35.3 Å². The highest BCUT2D eigenvalue weighted by molar-refractivity contribution is 5.92. The number of esters is 1. The molecule has 0 aliphatic heterocycles. The van der Waals surface area contributed by atoms with Crippen LogP contribution in [0.1, 0.15) is 26.3 Å². The van der Waals surface area contributed by atoms with Gasteiger partial charge in [0.05, 0.1) is 0 Å². The first kappa shape index (κ1) is 23.4. The highest BCUT2D eigenvalue weighted by atomic mass is 16.6. The Hall–Kier alpha value is -3.63. The summed E-state index contributed by atoms with van der Waals surface area (Å²) in [5, 5.41) is 15.3. The number of carbonyl (C=O) groups excluding carboxylic acids is 4. The lowest BCUT2D eigenvalue weighted by molar-refractivity contribution is -0.158. The van der Waals surface area contributed by atoms with Crippen molar-refractivity contribution >= 4 is 29.8 Å². The van der Waals surface area contributed by atoms with Gasteiger partial charge in [0, 0.05) is 6.92 Å². The van der Waals surface area contributed by atoms with E-state index in [9.17, 15) is 24.0 Å². The fourth-order valence-corrected chi connectivity index (χ4v) is 1.93. The van der Waals surface area contributed by atoms with Crippen LogP contribution in [0.2, 0.25) is 0 Å². The van der Waals surface area contributed by atoms with E-state index in [-0.39, 0.29) is 6.61 Å². The minimum absolute atomic E-state index is 0.00737. The Morgan fingerprint density at radius 2 is 1.55 bits per heavy atom. The van der Waals surface area contributed by atoms with Gasteiger partial charge in [0.15, 0.2) is 0 Å². The van der Waals surface area contributed by atoms with Crippen LogP contribution >= 0.6 is 0 Å². The molecular formula is C18H23N3O8. The average Bonchev–Trinajstić information content (AvgIpc) is 2.65. The molecule has 4 N–H and O–H groups in total. The largest absolute Gasteiger partial charge is 0.480 e. The molecule has 0 aliphatic carbocycles. The Bertz CT molecular complexity index is 753. The standard InChI is InChI=1S/C18H23N3O8/c1-10(20-18(27)28-9-13-7-5-4-6-8-13)14(23)21-16(29-12(3)22)15(24)19-11(2)17(25)26/h4-8,10-11,16H,9H2,1-3H3,(H,19,24)(H,20,27)(H,21,23)(H,25,26)/t10-,11-,16?/m0/s1. The normalized spacial score (nSPS) is 13.2. The van der Waals surface area contributed by atoms with Crippen molar-refractivity contribution in [3.8, 4) is 0 Å². The van der Waals surface area contributed by atoms with Gasteiger partial charge in [-0.1, -0.05) is 30.3 Å². The first-order valence-electron chi connectivity index (χ1n) is 8.58. The number of alkyl carbamates (subject to hydrolysis) is 1. The molecule has 0 saturated carbocycles. The zero-order valence-corrected chi connectivity index (χ0v) is 16.1. The van der Waals surface area contributed by atoms with Gasteiger partial charge in [-0.3, -0.25) is 19.2 Å². The maximum absolute atomic E-state index is 12.2. The zero-order chi connectivity index (χ0) is 22.0. The molecule has 11 heteroatoms. The molecule has 3 amide bonds. The van der Waals surface area contributed by atoms with E-state index in [1.165, 1.54) is 13.8 Å². The molecule has 1 rings (SSSR count). The van der Waals surface area contributed by atoms with E-state index in [1.54, 1.807) is 24.3 Å². The minimum atomic E-state index is -1.77. The molecule has 1 unspecified atom stereocenters. The molecule has 158 valence electrons. The average molecular weight is 409 g/mol. The monoisotopic (exact) mass is 409 g/mol. The predicted octanol–water partition coefficient (Wildman–Crippen LogP) is -0.104. The van der Waals surface area contributed by atoms with Gasteiger partial charge >= 0.3 is 18.0 Å². The summed E-state index contributed by atoms with van der Waals surface area (Å²) < 4.78 is 9.69. The molecule has 29 heavy (non-hydrogen) atoms.